The summed E-state index contributed by atoms with van der Waals surface area (Å²) in [5.41, 5.74) is 7.25. The maximum atomic E-state index is 12.1. The number of carbonyl (C=O) groups is 1. The van der Waals surface area contributed by atoms with E-state index in [2.05, 4.69) is 0 Å². The summed E-state index contributed by atoms with van der Waals surface area (Å²) in [5, 5.41) is 0. The van der Waals surface area contributed by atoms with Gasteiger partial charge in [-0.3, -0.25) is 9.18 Å². The summed E-state index contributed by atoms with van der Waals surface area (Å²) in [6.07, 6.45) is 0.250. The molecule has 0 aliphatic heterocycles. The summed E-state index contributed by atoms with van der Waals surface area (Å²) in [5.74, 6) is -0.497. The molecule has 70 valence electrons. The van der Waals surface area contributed by atoms with Crippen molar-refractivity contribution in [3.63, 3.8) is 0 Å². The first-order valence-corrected chi connectivity index (χ1v) is 4.10. The van der Waals surface area contributed by atoms with Crippen LogP contribution in [-0.2, 0) is 6.42 Å². The average Bonchev–Trinajstić information content (AvgIpc) is 2.04. The highest BCUT2D eigenvalue weighted by atomic mass is 19.1. The Hall–Kier alpha value is -1.38. The molecule has 2 N–H and O–H groups in total. The maximum Gasteiger partial charge on any atom is 0.248 e. The maximum absolute atomic E-state index is 12.1. The number of hydrogen-bond donors (Lipinski definition) is 1. The number of carbonyl (C=O) groups excluding carboxylic acids is 1. The van der Waals surface area contributed by atoms with Crippen molar-refractivity contribution < 1.29 is 9.18 Å². The normalized spacial score (nSPS) is 10.0. The molecule has 0 aliphatic rings. The Kier molecular flexibility index (Phi) is 3.01. The van der Waals surface area contributed by atoms with Gasteiger partial charge in [-0.25, -0.2) is 0 Å². The highest BCUT2D eigenvalue weighted by Gasteiger charge is 2.07. The molecule has 13 heavy (non-hydrogen) atoms. The van der Waals surface area contributed by atoms with Crippen LogP contribution in [0, 0.1) is 6.92 Å². The van der Waals surface area contributed by atoms with Gasteiger partial charge < -0.3 is 5.73 Å². The van der Waals surface area contributed by atoms with Crippen molar-refractivity contribution in [2.24, 2.45) is 5.73 Å². The minimum atomic E-state index is -0.497. The Morgan fingerprint density at radius 2 is 2.23 bits per heavy atom. The lowest BCUT2D eigenvalue weighted by Gasteiger charge is -2.05. The van der Waals surface area contributed by atoms with E-state index >= 15 is 0 Å². The van der Waals surface area contributed by atoms with Gasteiger partial charge in [0.25, 0.3) is 0 Å². The second kappa shape index (κ2) is 4.03. The van der Waals surface area contributed by atoms with Crippen LogP contribution < -0.4 is 5.73 Å². The Morgan fingerprint density at radius 1 is 1.54 bits per heavy atom. The molecule has 0 fully saturated rings. The predicted octanol–water partition coefficient (Wildman–Crippen LogP) is 1.61. The molecule has 0 aromatic heterocycles. The minimum absolute atomic E-state index is 0.250. The molecule has 1 amide bonds. The Labute approximate surface area is 76.6 Å². The van der Waals surface area contributed by atoms with Gasteiger partial charge in [-0.2, -0.15) is 0 Å². The SMILES string of the molecule is Cc1ccc(C(N)=O)c(CCF)c1. The fraction of sp³-hybridized carbons (Fsp3) is 0.300. The summed E-state index contributed by atoms with van der Waals surface area (Å²) in [6, 6.07) is 5.23. The molecule has 0 heterocycles. The fourth-order valence-corrected chi connectivity index (χ4v) is 1.27. The summed E-state index contributed by atoms with van der Waals surface area (Å²) in [6.45, 7) is 1.43. The number of halogens is 1. The van der Waals surface area contributed by atoms with Crippen molar-refractivity contribution in [3.8, 4) is 0 Å². The van der Waals surface area contributed by atoms with Gasteiger partial charge in [0.1, 0.15) is 0 Å². The number of benzene rings is 1. The van der Waals surface area contributed by atoms with E-state index in [0.29, 0.717) is 11.1 Å². The highest BCUT2D eigenvalue weighted by Crippen LogP contribution is 2.12. The molecule has 0 atom stereocenters. The number of alkyl halides is 1. The second-order valence-electron chi connectivity index (χ2n) is 2.96. The quantitative estimate of drug-likeness (QED) is 0.756. The molecule has 0 saturated heterocycles. The van der Waals surface area contributed by atoms with Crippen LogP contribution in [-0.4, -0.2) is 12.6 Å². The van der Waals surface area contributed by atoms with Crippen LogP contribution in [0.4, 0.5) is 4.39 Å². The molecule has 0 spiro atoms. The third-order valence-corrected chi connectivity index (χ3v) is 1.89. The number of nitrogens with two attached hydrogens (primary N) is 1. The minimum Gasteiger partial charge on any atom is -0.366 e. The monoisotopic (exact) mass is 181 g/mol. The standard InChI is InChI=1S/C10H12FNO/c1-7-2-3-9(10(12)13)8(6-7)4-5-11/h2-3,6H,4-5H2,1H3,(H2,12,13). The zero-order valence-corrected chi connectivity index (χ0v) is 7.51. The van der Waals surface area contributed by atoms with Crippen molar-refractivity contribution in [3.05, 3.63) is 34.9 Å². The lowest BCUT2D eigenvalue weighted by atomic mass is 10.0. The van der Waals surface area contributed by atoms with Crippen LogP contribution in [0.15, 0.2) is 18.2 Å². The summed E-state index contributed by atoms with van der Waals surface area (Å²) < 4.78 is 12.1. The number of hydrogen-bond acceptors (Lipinski definition) is 1. The van der Waals surface area contributed by atoms with E-state index in [1.54, 1.807) is 18.2 Å². The van der Waals surface area contributed by atoms with Crippen LogP contribution in [0.1, 0.15) is 21.5 Å². The number of aryl methyl sites for hydroxylation is 2. The highest BCUT2D eigenvalue weighted by molar-refractivity contribution is 5.94. The fourth-order valence-electron chi connectivity index (χ4n) is 1.27. The van der Waals surface area contributed by atoms with Gasteiger partial charge in [-0.15, -0.1) is 0 Å². The van der Waals surface area contributed by atoms with Crippen LogP contribution in [0.5, 0.6) is 0 Å². The van der Waals surface area contributed by atoms with Crippen molar-refractivity contribution in [1.82, 2.24) is 0 Å². The Balaban J connectivity index is 3.10. The summed E-state index contributed by atoms with van der Waals surface area (Å²) >= 11 is 0. The average molecular weight is 181 g/mol. The third-order valence-electron chi connectivity index (χ3n) is 1.89. The molecular weight excluding hydrogens is 169 g/mol. The van der Waals surface area contributed by atoms with E-state index < -0.39 is 12.6 Å². The molecule has 1 aromatic rings. The number of amides is 1. The molecule has 3 heteroatoms. The first kappa shape index (κ1) is 9.71. The van der Waals surface area contributed by atoms with Gasteiger partial charge in [0.15, 0.2) is 0 Å². The van der Waals surface area contributed by atoms with E-state index in [1.807, 2.05) is 6.92 Å². The number of primary amides is 1. The van der Waals surface area contributed by atoms with Gasteiger partial charge in [-0.1, -0.05) is 17.7 Å². The van der Waals surface area contributed by atoms with E-state index in [-0.39, 0.29) is 6.42 Å². The zero-order valence-electron chi connectivity index (χ0n) is 7.51. The van der Waals surface area contributed by atoms with Crippen LogP contribution in [0.25, 0.3) is 0 Å². The van der Waals surface area contributed by atoms with Crippen LogP contribution in [0.3, 0.4) is 0 Å². The molecule has 2 nitrogen and oxygen atoms in total. The topological polar surface area (TPSA) is 43.1 Å². The Bertz CT molecular complexity index is 323. The second-order valence-corrected chi connectivity index (χ2v) is 2.96. The van der Waals surface area contributed by atoms with Crippen molar-refractivity contribution >= 4 is 5.91 Å². The smallest absolute Gasteiger partial charge is 0.248 e. The molecule has 0 aliphatic carbocycles. The van der Waals surface area contributed by atoms with E-state index in [1.165, 1.54) is 0 Å². The van der Waals surface area contributed by atoms with E-state index in [0.717, 1.165) is 5.56 Å². The van der Waals surface area contributed by atoms with Gasteiger partial charge in [0.05, 0.1) is 6.67 Å². The molecule has 0 bridgehead atoms. The summed E-state index contributed by atoms with van der Waals surface area (Å²) in [4.78, 5) is 10.9. The third kappa shape index (κ3) is 2.28. The number of rotatable bonds is 3. The van der Waals surface area contributed by atoms with Gasteiger partial charge in [0.2, 0.25) is 5.91 Å². The molecule has 0 saturated carbocycles. The lowest BCUT2D eigenvalue weighted by Crippen LogP contribution is -2.14. The first-order chi connectivity index (χ1) is 6.15. The van der Waals surface area contributed by atoms with E-state index in [4.69, 9.17) is 5.73 Å². The van der Waals surface area contributed by atoms with Crippen molar-refractivity contribution in [2.75, 3.05) is 6.67 Å². The zero-order chi connectivity index (χ0) is 9.84. The van der Waals surface area contributed by atoms with Crippen molar-refractivity contribution in [2.45, 2.75) is 13.3 Å². The van der Waals surface area contributed by atoms with Gasteiger partial charge in [-0.05, 0) is 18.6 Å². The van der Waals surface area contributed by atoms with Gasteiger partial charge >= 0.3 is 0 Å². The van der Waals surface area contributed by atoms with Gasteiger partial charge in [0, 0.05) is 12.0 Å². The van der Waals surface area contributed by atoms with Crippen LogP contribution in [0.2, 0.25) is 0 Å². The predicted molar refractivity (Wildman–Crippen MR) is 49.4 cm³/mol. The Morgan fingerprint density at radius 3 is 2.77 bits per heavy atom. The van der Waals surface area contributed by atoms with Crippen LogP contribution >= 0.6 is 0 Å². The first-order valence-electron chi connectivity index (χ1n) is 4.10. The largest absolute Gasteiger partial charge is 0.366 e. The van der Waals surface area contributed by atoms with E-state index in [9.17, 15) is 9.18 Å². The van der Waals surface area contributed by atoms with Crippen molar-refractivity contribution in [1.29, 1.82) is 0 Å². The lowest BCUT2D eigenvalue weighted by molar-refractivity contribution is 0.0999. The molecular formula is C10H12FNO. The molecule has 0 radical (unpaired) electrons. The molecule has 1 rings (SSSR count). The molecule has 1 aromatic carbocycles. The molecule has 0 unspecified atom stereocenters. The summed E-state index contributed by atoms with van der Waals surface area (Å²) in [7, 11) is 0.